The van der Waals surface area contributed by atoms with Crippen molar-refractivity contribution in [2.45, 2.75) is 11.8 Å². The molecule has 30 heavy (non-hydrogen) atoms. The molecule has 0 radical (unpaired) electrons. The Balaban J connectivity index is 1.73. The molecule has 0 saturated carbocycles. The molecule has 0 aliphatic heterocycles. The first-order chi connectivity index (χ1) is 14.1. The second-order valence-electron chi connectivity index (χ2n) is 6.11. The van der Waals surface area contributed by atoms with Crippen LogP contribution < -0.4 is 20.5 Å². The third kappa shape index (κ3) is 7.53. The van der Waals surface area contributed by atoms with Gasteiger partial charge in [0, 0.05) is 5.69 Å². The number of ether oxygens (including phenoxy) is 2. The van der Waals surface area contributed by atoms with Gasteiger partial charge in [0.15, 0.2) is 13.2 Å². The van der Waals surface area contributed by atoms with Gasteiger partial charge in [0.25, 0.3) is 11.8 Å². The number of carbonyl (C=O) groups is 3. The number of amides is 2. The second kappa shape index (κ2) is 10.4. The van der Waals surface area contributed by atoms with Gasteiger partial charge in [-0.05, 0) is 36.8 Å². The summed E-state index contributed by atoms with van der Waals surface area (Å²) in [5, 5.41) is 9.82. The van der Waals surface area contributed by atoms with Crippen molar-refractivity contribution >= 4 is 33.5 Å². The van der Waals surface area contributed by atoms with Crippen LogP contribution in [0.25, 0.3) is 0 Å². The molecule has 0 saturated heterocycles. The Morgan fingerprint density at radius 2 is 1.70 bits per heavy atom. The summed E-state index contributed by atoms with van der Waals surface area (Å²) >= 11 is 0. The van der Waals surface area contributed by atoms with Gasteiger partial charge in [0.05, 0.1) is 4.90 Å². The summed E-state index contributed by atoms with van der Waals surface area (Å²) in [6, 6.07) is 12.8. The Morgan fingerprint density at radius 3 is 2.37 bits per heavy atom. The van der Waals surface area contributed by atoms with Gasteiger partial charge < -0.3 is 20.1 Å². The SMILES string of the molecule is Cc1ccc(NC(=O)COC(=O)CNC(=O)COc2ccccc2)cc1S(N)(=O)=O. The van der Waals surface area contributed by atoms with Crippen LogP contribution in [-0.4, -0.2) is 46.0 Å². The number of benzene rings is 2. The maximum Gasteiger partial charge on any atom is 0.325 e. The molecule has 0 unspecified atom stereocenters. The fraction of sp³-hybridized carbons (Fsp3) is 0.211. The van der Waals surface area contributed by atoms with Crippen molar-refractivity contribution in [3.8, 4) is 5.75 Å². The largest absolute Gasteiger partial charge is 0.484 e. The smallest absolute Gasteiger partial charge is 0.325 e. The summed E-state index contributed by atoms with van der Waals surface area (Å²) in [6.45, 7) is 0.224. The molecule has 0 aromatic heterocycles. The maximum atomic E-state index is 11.9. The predicted octanol–water partition coefficient (Wildman–Crippen LogP) is 0.319. The van der Waals surface area contributed by atoms with E-state index in [1.165, 1.54) is 18.2 Å². The number of nitrogens with one attached hydrogen (secondary N) is 2. The van der Waals surface area contributed by atoms with Gasteiger partial charge in [-0.25, -0.2) is 13.6 Å². The van der Waals surface area contributed by atoms with Crippen LogP contribution in [0.15, 0.2) is 53.4 Å². The molecule has 4 N–H and O–H groups in total. The fourth-order valence-corrected chi connectivity index (χ4v) is 3.07. The Hall–Kier alpha value is -3.44. The predicted molar refractivity (Wildman–Crippen MR) is 107 cm³/mol. The lowest BCUT2D eigenvalue weighted by Gasteiger charge is -2.10. The number of primary sulfonamides is 1. The van der Waals surface area contributed by atoms with Crippen molar-refractivity contribution in [1.82, 2.24) is 5.32 Å². The van der Waals surface area contributed by atoms with E-state index in [2.05, 4.69) is 10.6 Å². The van der Waals surface area contributed by atoms with Crippen LogP contribution in [0.4, 0.5) is 5.69 Å². The van der Waals surface area contributed by atoms with E-state index in [4.69, 9.17) is 14.6 Å². The minimum atomic E-state index is -3.94. The molecule has 0 heterocycles. The summed E-state index contributed by atoms with van der Waals surface area (Å²) in [6.07, 6.45) is 0. The Morgan fingerprint density at radius 1 is 1.00 bits per heavy atom. The Labute approximate surface area is 173 Å². The van der Waals surface area contributed by atoms with Crippen molar-refractivity contribution in [2.75, 3.05) is 25.1 Å². The highest BCUT2D eigenvalue weighted by Gasteiger charge is 2.14. The van der Waals surface area contributed by atoms with Gasteiger partial charge in [-0.3, -0.25) is 14.4 Å². The van der Waals surface area contributed by atoms with Crippen molar-refractivity contribution < 1.29 is 32.3 Å². The topological polar surface area (TPSA) is 154 Å². The van der Waals surface area contributed by atoms with E-state index in [0.29, 0.717) is 11.3 Å². The van der Waals surface area contributed by atoms with Crippen LogP contribution in [0.2, 0.25) is 0 Å². The molecule has 10 nitrogen and oxygen atoms in total. The van der Waals surface area contributed by atoms with E-state index in [9.17, 15) is 22.8 Å². The molecule has 2 aromatic carbocycles. The number of esters is 1. The summed E-state index contributed by atoms with van der Waals surface area (Å²) in [5.74, 6) is -1.54. The van der Waals surface area contributed by atoms with Crippen molar-refractivity contribution in [3.05, 3.63) is 54.1 Å². The number of anilines is 1. The highest BCUT2D eigenvalue weighted by molar-refractivity contribution is 7.89. The van der Waals surface area contributed by atoms with E-state index in [-0.39, 0.29) is 17.2 Å². The number of hydrogen-bond acceptors (Lipinski definition) is 7. The quantitative estimate of drug-likeness (QED) is 0.479. The fourth-order valence-electron chi connectivity index (χ4n) is 2.27. The van der Waals surface area contributed by atoms with Crippen LogP contribution in [0, 0.1) is 6.92 Å². The van der Waals surface area contributed by atoms with E-state index in [0.717, 1.165) is 0 Å². The average molecular weight is 435 g/mol. The van der Waals surface area contributed by atoms with Crippen LogP contribution in [0.5, 0.6) is 5.75 Å². The Bertz CT molecular complexity index is 1020. The molecule has 0 aliphatic rings. The maximum absolute atomic E-state index is 11.9. The number of rotatable bonds is 9. The number of sulfonamides is 1. The molecule has 11 heteroatoms. The number of hydrogen-bond donors (Lipinski definition) is 3. The zero-order valence-corrected chi connectivity index (χ0v) is 16.9. The van der Waals surface area contributed by atoms with E-state index in [1.54, 1.807) is 37.3 Å². The first kappa shape index (κ1) is 22.8. The number of aryl methyl sites for hydroxylation is 1. The zero-order chi connectivity index (χ0) is 22.1. The molecule has 0 atom stereocenters. The second-order valence-corrected chi connectivity index (χ2v) is 7.64. The minimum Gasteiger partial charge on any atom is -0.484 e. The number of nitrogens with two attached hydrogens (primary N) is 1. The highest BCUT2D eigenvalue weighted by Crippen LogP contribution is 2.18. The van der Waals surface area contributed by atoms with Crippen LogP contribution in [0.3, 0.4) is 0 Å². The molecule has 0 spiro atoms. The molecular formula is C19H21N3O7S. The Kier molecular flexibility index (Phi) is 7.90. The zero-order valence-electron chi connectivity index (χ0n) is 16.1. The van der Waals surface area contributed by atoms with Crippen molar-refractivity contribution in [1.29, 1.82) is 0 Å². The normalized spacial score (nSPS) is 10.7. The third-order valence-electron chi connectivity index (χ3n) is 3.69. The van der Waals surface area contributed by atoms with E-state index >= 15 is 0 Å². The van der Waals surface area contributed by atoms with Crippen LogP contribution in [0.1, 0.15) is 5.56 Å². The number of para-hydroxylation sites is 1. The molecule has 160 valence electrons. The monoisotopic (exact) mass is 435 g/mol. The van der Waals surface area contributed by atoms with Gasteiger partial charge in [-0.15, -0.1) is 0 Å². The highest BCUT2D eigenvalue weighted by atomic mass is 32.2. The summed E-state index contributed by atoms with van der Waals surface area (Å²) in [4.78, 5) is 35.1. The van der Waals surface area contributed by atoms with Gasteiger partial charge in [-0.2, -0.15) is 0 Å². The number of carbonyl (C=O) groups excluding carboxylic acids is 3. The van der Waals surface area contributed by atoms with Gasteiger partial charge in [-0.1, -0.05) is 24.3 Å². The van der Waals surface area contributed by atoms with Crippen molar-refractivity contribution in [3.63, 3.8) is 0 Å². The first-order valence-corrected chi connectivity index (χ1v) is 10.2. The van der Waals surface area contributed by atoms with Gasteiger partial charge >= 0.3 is 5.97 Å². The standard InChI is InChI=1S/C19H21N3O7S/c1-13-7-8-14(9-16(13)30(20,26)27)22-18(24)12-29-19(25)10-21-17(23)11-28-15-5-3-2-4-6-15/h2-9H,10-12H2,1H3,(H,21,23)(H,22,24)(H2,20,26,27). The molecule has 0 fully saturated rings. The molecule has 0 bridgehead atoms. The third-order valence-corrected chi connectivity index (χ3v) is 4.74. The molecule has 2 rings (SSSR count). The van der Waals surface area contributed by atoms with Crippen LogP contribution in [-0.2, 0) is 29.1 Å². The summed E-state index contributed by atoms with van der Waals surface area (Å²) < 4.78 is 33.0. The van der Waals surface area contributed by atoms with Gasteiger partial charge in [0.1, 0.15) is 12.3 Å². The minimum absolute atomic E-state index is 0.127. The summed E-state index contributed by atoms with van der Waals surface area (Å²) in [5.41, 5.74) is 0.603. The lowest BCUT2D eigenvalue weighted by Crippen LogP contribution is -2.35. The lowest BCUT2D eigenvalue weighted by atomic mass is 10.2. The molecule has 0 aliphatic carbocycles. The molecule has 2 aromatic rings. The first-order valence-electron chi connectivity index (χ1n) is 8.68. The van der Waals surface area contributed by atoms with Crippen molar-refractivity contribution in [2.24, 2.45) is 5.14 Å². The van der Waals surface area contributed by atoms with E-state index in [1.807, 2.05) is 0 Å². The summed E-state index contributed by atoms with van der Waals surface area (Å²) in [7, 11) is -3.94. The van der Waals surface area contributed by atoms with Gasteiger partial charge in [0.2, 0.25) is 10.0 Å². The average Bonchev–Trinajstić information content (AvgIpc) is 2.70. The van der Waals surface area contributed by atoms with Crippen LogP contribution >= 0.6 is 0 Å². The lowest BCUT2D eigenvalue weighted by molar-refractivity contribution is -0.147. The molecule has 2 amide bonds. The van der Waals surface area contributed by atoms with E-state index < -0.39 is 41.0 Å². The molecular weight excluding hydrogens is 414 g/mol.